The normalized spacial score (nSPS) is 10.3. The van der Waals surface area contributed by atoms with Crippen molar-refractivity contribution in [3.63, 3.8) is 0 Å². The third kappa shape index (κ3) is 4.27. The maximum Gasteiger partial charge on any atom is 0.248 e. The Morgan fingerprint density at radius 3 is 2.65 bits per heavy atom. The fraction of sp³-hybridized carbons (Fsp3) is 0.105. The van der Waals surface area contributed by atoms with Crippen LogP contribution in [-0.2, 0) is 11.3 Å². The number of carbonyl (C=O) groups is 2. The smallest absolute Gasteiger partial charge is 0.248 e. The Balaban J connectivity index is 1.64. The van der Waals surface area contributed by atoms with E-state index in [1.807, 2.05) is 37.3 Å². The van der Waals surface area contributed by atoms with Gasteiger partial charge in [0.1, 0.15) is 12.3 Å². The minimum atomic E-state index is -0.546. The number of aryl methyl sites for hydroxylation is 1. The molecule has 0 aliphatic rings. The van der Waals surface area contributed by atoms with E-state index in [1.165, 1.54) is 4.68 Å². The molecule has 0 unspecified atom stereocenters. The van der Waals surface area contributed by atoms with Crippen molar-refractivity contribution in [1.29, 1.82) is 0 Å². The first-order valence-corrected chi connectivity index (χ1v) is 7.97. The Kier molecular flexibility index (Phi) is 4.98. The zero-order valence-electron chi connectivity index (χ0n) is 14.2. The first-order chi connectivity index (χ1) is 12.5. The Hall–Kier alpha value is -3.61. The van der Waals surface area contributed by atoms with Crippen LogP contribution >= 0.6 is 0 Å². The number of benzene rings is 2. The molecule has 3 N–H and O–H groups in total. The van der Waals surface area contributed by atoms with Gasteiger partial charge in [0.25, 0.3) is 0 Å². The number of hydrogen-bond acceptors (Lipinski definition) is 4. The second kappa shape index (κ2) is 7.52. The molecule has 2 amide bonds. The summed E-state index contributed by atoms with van der Waals surface area (Å²) in [5.74, 6) is 0.408. The van der Waals surface area contributed by atoms with E-state index in [2.05, 4.69) is 10.4 Å². The van der Waals surface area contributed by atoms with Crippen molar-refractivity contribution in [2.24, 2.45) is 5.73 Å². The zero-order chi connectivity index (χ0) is 18.5. The number of nitrogens with zero attached hydrogens (tertiary/aromatic N) is 2. The molecule has 26 heavy (non-hydrogen) atoms. The molecular weight excluding hydrogens is 332 g/mol. The van der Waals surface area contributed by atoms with Crippen molar-refractivity contribution in [3.8, 4) is 11.5 Å². The average molecular weight is 350 g/mol. The summed E-state index contributed by atoms with van der Waals surface area (Å²) in [6.45, 7) is 1.85. The maximum atomic E-state index is 12.3. The monoisotopic (exact) mass is 350 g/mol. The van der Waals surface area contributed by atoms with Gasteiger partial charge in [-0.05, 0) is 36.8 Å². The number of nitrogens with one attached hydrogen (secondary N) is 1. The lowest BCUT2D eigenvalue weighted by Crippen LogP contribution is -2.20. The summed E-state index contributed by atoms with van der Waals surface area (Å²) in [6, 6.07) is 14.2. The number of anilines is 1. The Labute approximate surface area is 150 Å². The molecule has 0 aliphatic heterocycles. The zero-order valence-corrected chi connectivity index (χ0v) is 14.2. The van der Waals surface area contributed by atoms with Crippen LogP contribution in [0.5, 0.6) is 11.5 Å². The molecule has 0 radical (unpaired) electrons. The van der Waals surface area contributed by atoms with Crippen LogP contribution < -0.4 is 15.8 Å². The van der Waals surface area contributed by atoms with Crippen LogP contribution in [0.4, 0.5) is 5.69 Å². The van der Waals surface area contributed by atoms with E-state index in [0.717, 1.165) is 5.56 Å². The molecule has 132 valence electrons. The van der Waals surface area contributed by atoms with E-state index in [1.54, 1.807) is 30.6 Å². The van der Waals surface area contributed by atoms with Crippen molar-refractivity contribution in [2.75, 3.05) is 5.32 Å². The van der Waals surface area contributed by atoms with Crippen molar-refractivity contribution < 1.29 is 14.3 Å². The quantitative estimate of drug-likeness (QED) is 0.714. The second-order valence-electron chi connectivity index (χ2n) is 5.73. The Morgan fingerprint density at radius 2 is 1.92 bits per heavy atom. The molecule has 0 fully saturated rings. The van der Waals surface area contributed by atoms with Gasteiger partial charge in [0.05, 0.1) is 12.4 Å². The summed E-state index contributed by atoms with van der Waals surface area (Å²) in [4.78, 5) is 23.5. The van der Waals surface area contributed by atoms with Crippen LogP contribution in [0.3, 0.4) is 0 Å². The highest BCUT2D eigenvalue weighted by Crippen LogP contribution is 2.20. The van der Waals surface area contributed by atoms with E-state index in [4.69, 9.17) is 10.5 Å². The van der Waals surface area contributed by atoms with Gasteiger partial charge >= 0.3 is 0 Å². The summed E-state index contributed by atoms with van der Waals surface area (Å²) in [5.41, 5.74) is 6.98. The molecule has 0 saturated heterocycles. The van der Waals surface area contributed by atoms with Gasteiger partial charge in [-0.15, -0.1) is 0 Å². The van der Waals surface area contributed by atoms with Gasteiger partial charge in [-0.1, -0.05) is 24.3 Å². The molecule has 0 saturated carbocycles. The highest BCUT2D eigenvalue weighted by Gasteiger charge is 2.10. The number of rotatable bonds is 6. The lowest BCUT2D eigenvalue weighted by Gasteiger charge is -2.09. The van der Waals surface area contributed by atoms with Crippen LogP contribution in [0.1, 0.15) is 15.9 Å². The van der Waals surface area contributed by atoms with E-state index in [0.29, 0.717) is 22.7 Å². The van der Waals surface area contributed by atoms with Crippen LogP contribution in [-0.4, -0.2) is 21.6 Å². The number of primary amides is 1. The molecule has 0 spiro atoms. The van der Waals surface area contributed by atoms with Crippen molar-refractivity contribution in [1.82, 2.24) is 9.78 Å². The number of aromatic nitrogens is 2. The molecule has 0 atom stereocenters. The average Bonchev–Trinajstić information content (AvgIpc) is 3.04. The van der Waals surface area contributed by atoms with Gasteiger partial charge in [-0.25, -0.2) is 0 Å². The van der Waals surface area contributed by atoms with Gasteiger partial charge in [0, 0.05) is 11.3 Å². The Morgan fingerprint density at radius 1 is 1.15 bits per heavy atom. The van der Waals surface area contributed by atoms with Crippen LogP contribution in [0, 0.1) is 6.92 Å². The topological polar surface area (TPSA) is 99.2 Å². The number of para-hydroxylation sites is 1. The van der Waals surface area contributed by atoms with Gasteiger partial charge in [-0.2, -0.15) is 5.10 Å². The molecule has 0 aliphatic carbocycles. The minimum Gasteiger partial charge on any atom is -0.454 e. The molecule has 0 bridgehead atoms. The van der Waals surface area contributed by atoms with E-state index < -0.39 is 5.91 Å². The third-order valence-electron chi connectivity index (χ3n) is 3.69. The summed E-state index contributed by atoms with van der Waals surface area (Å²) in [7, 11) is 0. The molecular formula is C19H18N4O3. The summed E-state index contributed by atoms with van der Waals surface area (Å²) in [5, 5.41) is 6.88. The highest BCUT2D eigenvalue weighted by atomic mass is 16.5. The van der Waals surface area contributed by atoms with Crippen molar-refractivity contribution in [2.45, 2.75) is 13.5 Å². The lowest BCUT2D eigenvalue weighted by atomic mass is 10.1. The fourth-order valence-corrected chi connectivity index (χ4v) is 2.36. The van der Waals surface area contributed by atoms with Gasteiger partial charge in [-0.3, -0.25) is 14.3 Å². The molecule has 3 rings (SSSR count). The molecule has 7 heteroatoms. The van der Waals surface area contributed by atoms with Crippen LogP contribution in [0.2, 0.25) is 0 Å². The number of ether oxygens (including phenoxy) is 1. The number of nitrogens with two attached hydrogens (primary N) is 1. The fourth-order valence-electron chi connectivity index (χ4n) is 2.36. The van der Waals surface area contributed by atoms with Gasteiger partial charge in [0.2, 0.25) is 11.8 Å². The SMILES string of the molecule is Cc1ccc(C(N)=O)cc1NC(=O)Cn1cc(Oc2ccccc2)cn1. The van der Waals surface area contributed by atoms with Gasteiger partial charge < -0.3 is 15.8 Å². The lowest BCUT2D eigenvalue weighted by molar-refractivity contribution is -0.116. The number of hydrogen-bond donors (Lipinski definition) is 2. The van der Waals surface area contributed by atoms with E-state index in [9.17, 15) is 9.59 Å². The molecule has 7 nitrogen and oxygen atoms in total. The number of amides is 2. The highest BCUT2D eigenvalue weighted by molar-refractivity contribution is 5.96. The molecule has 1 heterocycles. The largest absolute Gasteiger partial charge is 0.454 e. The van der Waals surface area contributed by atoms with E-state index >= 15 is 0 Å². The van der Waals surface area contributed by atoms with Crippen LogP contribution in [0.15, 0.2) is 60.9 Å². The first-order valence-electron chi connectivity index (χ1n) is 7.97. The maximum absolute atomic E-state index is 12.3. The standard InChI is InChI=1S/C19H18N4O3/c1-13-7-8-14(19(20)25)9-17(13)22-18(24)12-23-11-16(10-21-23)26-15-5-3-2-4-6-15/h2-11H,12H2,1H3,(H2,20,25)(H,22,24). The van der Waals surface area contributed by atoms with Crippen LogP contribution in [0.25, 0.3) is 0 Å². The summed E-state index contributed by atoms with van der Waals surface area (Å²) >= 11 is 0. The van der Waals surface area contributed by atoms with E-state index in [-0.39, 0.29) is 12.5 Å². The molecule has 1 aromatic heterocycles. The van der Waals surface area contributed by atoms with Gasteiger partial charge in [0.15, 0.2) is 5.75 Å². The summed E-state index contributed by atoms with van der Waals surface area (Å²) in [6.07, 6.45) is 3.18. The second-order valence-corrected chi connectivity index (χ2v) is 5.73. The first kappa shape index (κ1) is 17.2. The number of carbonyl (C=O) groups excluding carboxylic acids is 2. The molecule has 2 aromatic carbocycles. The predicted molar refractivity (Wildman–Crippen MR) is 97.1 cm³/mol. The third-order valence-corrected chi connectivity index (χ3v) is 3.69. The van der Waals surface area contributed by atoms with Crippen molar-refractivity contribution in [3.05, 3.63) is 72.1 Å². The van der Waals surface area contributed by atoms with Crippen molar-refractivity contribution >= 4 is 17.5 Å². The Bertz CT molecular complexity index is 935. The predicted octanol–water partition coefficient (Wildman–Crippen LogP) is 2.72. The minimum absolute atomic E-state index is 0.0123. The summed E-state index contributed by atoms with van der Waals surface area (Å²) < 4.78 is 7.13. The molecule has 3 aromatic rings.